The second-order valence-electron chi connectivity index (χ2n) is 9.30. The number of hydrazone groups is 1. The van der Waals surface area contributed by atoms with Crippen molar-refractivity contribution in [2.45, 2.75) is 20.0 Å². The van der Waals surface area contributed by atoms with E-state index in [9.17, 15) is 9.59 Å². The molecule has 168 valence electrons. The molecule has 2 amide bonds. The molecule has 1 saturated heterocycles. The molecule has 2 saturated carbocycles. The number of allylic oxidation sites excluding steroid dienone is 2. The summed E-state index contributed by atoms with van der Waals surface area (Å²) >= 11 is 0. The van der Waals surface area contributed by atoms with Crippen molar-refractivity contribution in [2.24, 2.45) is 40.6 Å². The summed E-state index contributed by atoms with van der Waals surface area (Å²) in [6.07, 6.45) is 7.05. The zero-order valence-electron chi connectivity index (χ0n) is 18.5. The van der Waals surface area contributed by atoms with Gasteiger partial charge >= 0.3 is 0 Å². The molecule has 0 spiro atoms. The summed E-state index contributed by atoms with van der Waals surface area (Å²) in [6, 6.07) is 15.4. The van der Waals surface area contributed by atoms with Gasteiger partial charge in [-0.05, 0) is 66.3 Å². The van der Waals surface area contributed by atoms with Crippen molar-refractivity contribution in [3.8, 4) is 11.5 Å². The van der Waals surface area contributed by atoms with E-state index in [2.05, 4.69) is 17.3 Å². The standard InChI is InChI=1S/C27H26N2O4/c1-2-32-23-12-17(8-11-22(23)33-15-16-6-4-3-5-7-16)14-28-29-26(30)24-18-9-10-19(21-13-20(18)21)25(24)27(29)31/h3-12,14,18-21,24-25H,2,13,15H2,1H3/b28-14+. The number of carbonyl (C=O) groups excluding carboxylic acids is 2. The number of ether oxygens (including phenoxy) is 2. The van der Waals surface area contributed by atoms with E-state index in [0.29, 0.717) is 36.5 Å². The number of imide groups is 1. The number of hydrogen-bond donors (Lipinski definition) is 0. The number of benzene rings is 2. The largest absolute Gasteiger partial charge is 0.490 e. The first-order valence-electron chi connectivity index (χ1n) is 11.7. The second kappa shape index (κ2) is 7.87. The predicted molar refractivity (Wildman–Crippen MR) is 123 cm³/mol. The van der Waals surface area contributed by atoms with Crippen LogP contribution >= 0.6 is 0 Å². The molecule has 33 heavy (non-hydrogen) atoms. The minimum absolute atomic E-state index is 0.154. The van der Waals surface area contributed by atoms with Crippen LogP contribution in [0.15, 0.2) is 65.8 Å². The molecule has 1 aliphatic heterocycles. The molecule has 2 aromatic rings. The third kappa shape index (κ3) is 3.36. The van der Waals surface area contributed by atoms with Crippen LogP contribution in [0.25, 0.3) is 0 Å². The Balaban J connectivity index is 1.19. The molecule has 1 heterocycles. The summed E-state index contributed by atoms with van der Waals surface area (Å²) in [6.45, 7) is 2.84. The molecular formula is C27H26N2O4. The number of carbonyl (C=O) groups is 2. The van der Waals surface area contributed by atoms with Crippen LogP contribution in [0.4, 0.5) is 0 Å². The maximum Gasteiger partial charge on any atom is 0.254 e. The Bertz CT molecular complexity index is 1120. The zero-order chi connectivity index (χ0) is 22.5. The number of nitrogens with zero attached hydrogens (tertiary/aromatic N) is 2. The van der Waals surface area contributed by atoms with Gasteiger partial charge in [0.05, 0.1) is 24.7 Å². The lowest BCUT2D eigenvalue weighted by molar-refractivity contribution is -0.140. The van der Waals surface area contributed by atoms with E-state index in [-0.39, 0.29) is 35.5 Å². The van der Waals surface area contributed by atoms with Gasteiger partial charge in [-0.2, -0.15) is 10.1 Å². The zero-order valence-corrected chi connectivity index (χ0v) is 18.5. The highest BCUT2D eigenvalue weighted by molar-refractivity contribution is 6.06. The summed E-state index contributed by atoms with van der Waals surface area (Å²) < 4.78 is 11.7. The Kier molecular flexibility index (Phi) is 4.82. The molecule has 6 atom stereocenters. The lowest BCUT2D eigenvalue weighted by atomic mass is 9.63. The molecule has 5 aliphatic rings. The van der Waals surface area contributed by atoms with Gasteiger partial charge < -0.3 is 9.47 Å². The van der Waals surface area contributed by atoms with Crippen LogP contribution in [0.1, 0.15) is 24.5 Å². The van der Waals surface area contributed by atoms with E-state index in [1.807, 2.05) is 55.5 Å². The number of hydrogen-bond acceptors (Lipinski definition) is 5. The molecule has 0 N–H and O–H groups in total. The molecule has 0 aromatic heterocycles. The number of amides is 2. The van der Waals surface area contributed by atoms with Crippen LogP contribution in [0.3, 0.4) is 0 Å². The molecule has 2 aromatic carbocycles. The van der Waals surface area contributed by atoms with E-state index >= 15 is 0 Å². The van der Waals surface area contributed by atoms with E-state index in [1.165, 1.54) is 0 Å². The van der Waals surface area contributed by atoms with E-state index in [4.69, 9.17) is 9.47 Å². The maximum absolute atomic E-state index is 13.1. The Morgan fingerprint density at radius 2 is 1.64 bits per heavy atom. The lowest BCUT2D eigenvalue weighted by Crippen LogP contribution is -2.40. The van der Waals surface area contributed by atoms with Gasteiger partial charge in [0.25, 0.3) is 11.8 Å². The molecule has 0 radical (unpaired) electrons. The van der Waals surface area contributed by atoms with Crippen LogP contribution in [0, 0.1) is 35.5 Å². The number of rotatable bonds is 7. The van der Waals surface area contributed by atoms with Crippen LogP contribution in [-0.4, -0.2) is 29.6 Å². The monoisotopic (exact) mass is 442 g/mol. The average molecular weight is 443 g/mol. The predicted octanol–water partition coefficient (Wildman–Crippen LogP) is 4.05. The van der Waals surface area contributed by atoms with Gasteiger partial charge in [-0.1, -0.05) is 42.5 Å². The van der Waals surface area contributed by atoms with E-state index in [1.54, 1.807) is 6.21 Å². The van der Waals surface area contributed by atoms with Gasteiger partial charge in [-0.3, -0.25) is 9.59 Å². The van der Waals surface area contributed by atoms with Crippen molar-refractivity contribution in [1.82, 2.24) is 5.01 Å². The SMILES string of the molecule is CCOc1cc(/C=N/N2C(=O)C3C4C=CC(C5CC45)C3C2=O)ccc1OCc1ccccc1. The highest BCUT2D eigenvalue weighted by Crippen LogP contribution is 2.65. The fourth-order valence-corrected chi connectivity index (χ4v) is 5.91. The van der Waals surface area contributed by atoms with E-state index in [0.717, 1.165) is 22.6 Å². The van der Waals surface area contributed by atoms with Crippen LogP contribution in [-0.2, 0) is 16.2 Å². The van der Waals surface area contributed by atoms with Gasteiger partial charge in [-0.25, -0.2) is 0 Å². The first kappa shape index (κ1) is 20.2. The summed E-state index contributed by atoms with van der Waals surface area (Å²) in [7, 11) is 0. The second-order valence-corrected chi connectivity index (χ2v) is 9.30. The third-order valence-corrected chi connectivity index (χ3v) is 7.47. The van der Waals surface area contributed by atoms with Crippen molar-refractivity contribution in [3.63, 3.8) is 0 Å². The van der Waals surface area contributed by atoms with Crippen LogP contribution < -0.4 is 9.47 Å². The highest BCUT2D eigenvalue weighted by Gasteiger charge is 2.67. The van der Waals surface area contributed by atoms with Crippen molar-refractivity contribution in [3.05, 3.63) is 71.8 Å². The quantitative estimate of drug-likeness (QED) is 0.369. The average Bonchev–Trinajstić information content (AvgIpc) is 3.62. The fraction of sp³-hybridized carbons (Fsp3) is 0.370. The summed E-state index contributed by atoms with van der Waals surface area (Å²) in [5.74, 6) is 2.03. The first-order chi connectivity index (χ1) is 16.2. The minimum atomic E-state index is -0.235. The van der Waals surface area contributed by atoms with Gasteiger partial charge in [0.15, 0.2) is 11.5 Å². The topological polar surface area (TPSA) is 68.2 Å². The van der Waals surface area contributed by atoms with Gasteiger partial charge in [0, 0.05) is 0 Å². The fourth-order valence-electron chi connectivity index (χ4n) is 5.91. The Hall–Kier alpha value is -3.41. The Morgan fingerprint density at radius 3 is 2.30 bits per heavy atom. The lowest BCUT2D eigenvalue weighted by Gasteiger charge is -2.37. The molecule has 2 bridgehead atoms. The summed E-state index contributed by atoms with van der Waals surface area (Å²) in [5.41, 5.74) is 1.81. The molecule has 3 fully saturated rings. The van der Waals surface area contributed by atoms with Gasteiger partial charge in [-0.15, -0.1) is 0 Å². The summed E-state index contributed by atoms with van der Waals surface area (Å²) in [4.78, 5) is 26.2. The highest BCUT2D eigenvalue weighted by atomic mass is 16.5. The van der Waals surface area contributed by atoms with E-state index < -0.39 is 0 Å². The smallest absolute Gasteiger partial charge is 0.254 e. The van der Waals surface area contributed by atoms with Crippen molar-refractivity contribution < 1.29 is 19.1 Å². The normalized spacial score (nSPS) is 31.1. The Morgan fingerprint density at radius 1 is 0.939 bits per heavy atom. The molecular weight excluding hydrogens is 416 g/mol. The first-order valence-corrected chi connectivity index (χ1v) is 11.7. The molecule has 7 rings (SSSR count). The van der Waals surface area contributed by atoms with Crippen LogP contribution in [0.2, 0.25) is 0 Å². The molecule has 6 unspecified atom stereocenters. The Labute approximate surface area is 192 Å². The van der Waals surface area contributed by atoms with Crippen LogP contribution in [0.5, 0.6) is 11.5 Å². The van der Waals surface area contributed by atoms with Crippen molar-refractivity contribution >= 4 is 18.0 Å². The minimum Gasteiger partial charge on any atom is -0.490 e. The molecule has 4 aliphatic carbocycles. The van der Waals surface area contributed by atoms with Gasteiger partial charge in [0.1, 0.15) is 6.61 Å². The summed E-state index contributed by atoms with van der Waals surface area (Å²) in [5, 5.41) is 5.43. The molecule has 6 nitrogen and oxygen atoms in total. The maximum atomic E-state index is 13.1. The van der Waals surface area contributed by atoms with Gasteiger partial charge in [0.2, 0.25) is 0 Å². The molecule has 6 heteroatoms. The van der Waals surface area contributed by atoms with Crippen molar-refractivity contribution in [1.29, 1.82) is 0 Å². The van der Waals surface area contributed by atoms with Crippen molar-refractivity contribution in [2.75, 3.05) is 6.61 Å². The third-order valence-electron chi connectivity index (χ3n) is 7.47.